The van der Waals surface area contributed by atoms with E-state index in [1.54, 1.807) is 0 Å². The van der Waals surface area contributed by atoms with Crippen LogP contribution in [0, 0.1) is 5.92 Å². The Labute approximate surface area is 128 Å². The molecule has 0 bridgehead atoms. The fraction of sp³-hybridized carbons (Fsp3) is 0.562. The third-order valence-electron chi connectivity index (χ3n) is 3.62. The molecule has 0 radical (unpaired) electrons. The number of benzene rings is 1. The highest BCUT2D eigenvalue weighted by molar-refractivity contribution is 7.85. The number of rotatable bonds is 4. The van der Waals surface area contributed by atoms with E-state index in [0.29, 0.717) is 17.4 Å². The molecule has 2 rings (SSSR count). The van der Waals surface area contributed by atoms with Crippen LogP contribution in [-0.2, 0) is 26.8 Å². The molecule has 0 spiro atoms. The Morgan fingerprint density at radius 3 is 2.57 bits per heavy atom. The first-order valence-electron chi connectivity index (χ1n) is 7.27. The molecule has 1 aromatic carbocycles. The van der Waals surface area contributed by atoms with Gasteiger partial charge in [-0.05, 0) is 23.5 Å². The molecule has 0 saturated carbocycles. The highest BCUT2D eigenvalue weighted by atomic mass is 32.2. The van der Waals surface area contributed by atoms with Gasteiger partial charge in [0.25, 0.3) is 0 Å². The first-order chi connectivity index (χ1) is 9.99. The van der Waals surface area contributed by atoms with Gasteiger partial charge in [0.05, 0.1) is 7.11 Å². The van der Waals surface area contributed by atoms with E-state index in [1.807, 2.05) is 0 Å². The van der Waals surface area contributed by atoms with Crippen LogP contribution in [0.1, 0.15) is 31.0 Å². The minimum absolute atomic E-state index is 0.0585. The summed E-state index contributed by atoms with van der Waals surface area (Å²) in [4.78, 5) is 11.6. The molecule has 21 heavy (non-hydrogen) atoms. The lowest BCUT2D eigenvalue weighted by atomic mass is 9.99. The molecule has 1 heterocycles. The third kappa shape index (κ3) is 4.38. The lowest BCUT2D eigenvalue weighted by Crippen LogP contribution is -2.49. The van der Waals surface area contributed by atoms with Gasteiger partial charge in [0.15, 0.2) is 0 Å². The van der Waals surface area contributed by atoms with Gasteiger partial charge in [-0.3, -0.25) is 14.3 Å². The van der Waals surface area contributed by atoms with Crippen molar-refractivity contribution in [2.75, 3.05) is 18.6 Å². The summed E-state index contributed by atoms with van der Waals surface area (Å²) in [5.41, 5.74) is 2.37. The van der Waals surface area contributed by atoms with Gasteiger partial charge in [-0.15, -0.1) is 0 Å². The Morgan fingerprint density at radius 2 is 2.00 bits per heavy atom. The van der Waals surface area contributed by atoms with Crippen molar-refractivity contribution in [3.63, 3.8) is 0 Å². The summed E-state index contributed by atoms with van der Waals surface area (Å²) in [7, 11) is 0.358. The van der Waals surface area contributed by atoms with Crippen molar-refractivity contribution < 1.29 is 13.7 Å². The van der Waals surface area contributed by atoms with E-state index in [4.69, 9.17) is 4.74 Å². The van der Waals surface area contributed by atoms with E-state index < -0.39 is 16.8 Å². The number of hydrogen-bond donors (Lipinski definition) is 1. The van der Waals surface area contributed by atoms with Gasteiger partial charge in [0.1, 0.15) is 6.04 Å². The van der Waals surface area contributed by atoms with Gasteiger partial charge in [0.2, 0.25) is 0 Å². The molecule has 5 heteroatoms. The third-order valence-corrected chi connectivity index (χ3v) is 5.03. The van der Waals surface area contributed by atoms with Crippen LogP contribution >= 0.6 is 0 Å². The molecule has 4 nitrogen and oxygen atoms in total. The first kappa shape index (κ1) is 16.2. The summed E-state index contributed by atoms with van der Waals surface area (Å²) < 4.78 is 16.7. The van der Waals surface area contributed by atoms with E-state index in [0.717, 1.165) is 12.0 Å². The van der Waals surface area contributed by atoms with Crippen LogP contribution in [-0.4, -0.2) is 34.8 Å². The van der Waals surface area contributed by atoms with Crippen LogP contribution in [0.15, 0.2) is 24.3 Å². The second-order valence-electron chi connectivity index (χ2n) is 5.91. The lowest BCUT2D eigenvalue weighted by Gasteiger charge is -2.29. The van der Waals surface area contributed by atoms with Crippen LogP contribution in [0.25, 0.3) is 0 Å². The molecule has 0 aliphatic carbocycles. The molecule has 1 saturated heterocycles. The largest absolute Gasteiger partial charge is 0.468 e. The van der Waals surface area contributed by atoms with Crippen molar-refractivity contribution in [3.8, 4) is 0 Å². The minimum atomic E-state index is -1.00. The van der Waals surface area contributed by atoms with Crippen LogP contribution in [0.5, 0.6) is 0 Å². The standard InChI is InChI=1S/C16H23NO3S/c1-11(2)8-12-4-6-13(7-5-12)14-9-21(19)10-15(17-14)16(18)20-3/h4-7,11,14-15,17H,8-10H2,1-3H3. The summed E-state index contributed by atoms with van der Waals surface area (Å²) in [5.74, 6) is 1.15. The molecular formula is C16H23NO3S. The molecule has 1 fully saturated rings. The number of nitrogens with one attached hydrogen (secondary N) is 1. The molecule has 0 amide bonds. The maximum Gasteiger partial charge on any atom is 0.323 e. The summed E-state index contributed by atoms with van der Waals surface area (Å²) in [6.07, 6.45) is 1.05. The van der Waals surface area contributed by atoms with Gasteiger partial charge in [-0.25, -0.2) is 0 Å². The molecule has 1 aliphatic rings. The van der Waals surface area contributed by atoms with Crippen molar-refractivity contribution in [1.29, 1.82) is 0 Å². The molecule has 0 aromatic heterocycles. The van der Waals surface area contributed by atoms with Gasteiger partial charge < -0.3 is 4.74 Å². The minimum Gasteiger partial charge on any atom is -0.468 e. The Balaban J connectivity index is 2.09. The maximum absolute atomic E-state index is 12.0. The highest BCUT2D eigenvalue weighted by Gasteiger charge is 2.31. The number of hydrogen-bond acceptors (Lipinski definition) is 4. The smallest absolute Gasteiger partial charge is 0.323 e. The SMILES string of the molecule is COC(=O)C1CS(=O)CC(c2ccc(CC(C)C)cc2)N1. The molecule has 1 aromatic rings. The number of ether oxygens (including phenoxy) is 1. The van der Waals surface area contributed by atoms with Crippen molar-refractivity contribution in [1.82, 2.24) is 5.32 Å². The van der Waals surface area contributed by atoms with E-state index in [2.05, 4.69) is 43.4 Å². The Morgan fingerprint density at radius 1 is 1.33 bits per heavy atom. The number of carbonyl (C=O) groups is 1. The zero-order valence-corrected chi connectivity index (χ0v) is 13.6. The van der Waals surface area contributed by atoms with Crippen molar-refractivity contribution in [3.05, 3.63) is 35.4 Å². The summed E-state index contributed by atoms with van der Waals surface area (Å²) in [5, 5.41) is 3.24. The molecule has 3 atom stereocenters. The number of carbonyl (C=O) groups excluding carboxylic acids is 1. The van der Waals surface area contributed by atoms with E-state index in [-0.39, 0.29) is 12.0 Å². The predicted molar refractivity (Wildman–Crippen MR) is 84.5 cm³/mol. The normalized spacial score (nSPS) is 25.8. The fourth-order valence-electron chi connectivity index (χ4n) is 2.61. The second kappa shape index (κ2) is 7.18. The molecule has 116 valence electrons. The van der Waals surface area contributed by atoms with Crippen molar-refractivity contribution in [2.45, 2.75) is 32.4 Å². The number of esters is 1. The number of methoxy groups -OCH3 is 1. The van der Waals surface area contributed by atoms with Gasteiger partial charge >= 0.3 is 5.97 Å². The van der Waals surface area contributed by atoms with Gasteiger partial charge in [-0.2, -0.15) is 0 Å². The molecule has 3 unspecified atom stereocenters. The van der Waals surface area contributed by atoms with Crippen LogP contribution in [0.3, 0.4) is 0 Å². The maximum atomic E-state index is 12.0. The molecular weight excluding hydrogens is 286 g/mol. The van der Waals surface area contributed by atoms with Crippen LogP contribution in [0.4, 0.5) is 0 Å². The topological polar surface area (TPSA) is 55.4 Å². The zero-order valence-electron chi connectivity index (χ0n) is 12.8. The van der Waals surface area contributed by atoms with Gasteiger partial charge in [0, 0.05) is 28.3 Å². The van der Waals surface area contributed by atoms with Crippen molar-refractivity contribution in [2.24, 2.45) is 5.92 Å². The summed E-state index contributed by atoms with van der Waals surface area (Å²) >= 11 is 0. The monoisotopic (exact) mass is 309 g/mol. The van der Waals surface area contributed by atoms with E-state index in [9.17, 15) is 9.00 Å². The first-order valence-corrected chi connectivity index (χ1v) is 8.76. The molecule has 1 N–H and O–H groups in total. The quantitative estimate of drug-likeness (QED) is 0.862. The van der Waals surface area contributed by atoms with E-state index in [1.165, 1.54) is 12.7 Å². The Hall–Kier alpha value is -1.20. The average molecular weight is 309 g/mol. The fourth-order valence-corrected chi connectivity index (χ4v) is 4.01. The predicted octanol–water partition coefficient (Wildman–Crippen LogP) is 1.82. The zero-order chi connectivity index (χ0) is 15.4. The Kier molecular flexibility index (Phi) is 5.53. The van der Waals surface area contributed by atoms with Crippen LogP contribution in [0.2, 0.25) is 0 Å². The van der Waals surface area contributed by atoms with Crippen molar-refractivity contribution >= 4 is 16.8 Å². The summed E-state index contributed by atoms with van der Waals surface area (Å²) in [6.45, 7) is 4.39. The van der Waals surface area contributed by atoms with Crippen LogP contribution < -0.4 is 5.32 Å². The highest BCUT2D eigenvalue weighted by Crippen LogP contribution is 2.21. The summed E-state index contributed by atoms with van der Waals surface area (Å²) in [6, 6.07) is 7.81. The van der Waals surface area contributed by atoms with E-state index >= 15 is 0 Å². The molecule has 1 aliphatic heterocycles. The second-order valence-corrected chi connectivity index (χ2v) is 7.45. The van der Waals surface area contributed by atoms with Gasteiger partial charge in [-0.1, -0.05) is 38.1 Å². The Bertz CT molecular complexity index is 513. The average Bonchev–Trinajstić information content (AvgIpc) is 2.46. The lowest BCUT2D eigenvalue weighted by molar-refractivity contribution is -0.142.